The number of ketones is 1. The molecule has 22 heavy (non-hydrogen) atoms. The van der Waals surface area contributed by atoms with Gasteiger partial charge in [0.15, 0.2) is 5.78 Å². The standard InChI is InChI=1S/C20H30O2/c1-18-9-6-14(21)12-13(18)4-5-15-16(18)7-10-19(2)17(15)8-11-20(19,3)22/h6,9,13,15-17,22H,4-5,7-8,10-12H2,1-3H3/t13?,15-,16+,17+,18+,19+,20-/m1/s1. The molecule has 0 aromatic heterocycles. The van der Waals surface area contributed by atoms with Gasteiger partial charge in [-0.1, -0.05) is 19.9 Å². The maximum Gasteiger partial charge on any atom is 0.155 e. The Morgan fingerprint density at radius 1 is 1.05 bits per heavy atom. The summed E-state index contributed by atoms with van der Waals surface area (Å²) < 4.78 is 0. The van der Waals surface area contributed by atoms with Crippen molar-refractivity contribution in [2.24, 2.45) is 34.5 Å². The van der Waals surface area contributed by atoms with Gasteiger partial charge >= 0.3 is 0 Å². The SMILES string of the molecule is C[C@]12C=CC(=O)CC1CC[C@@H]1[C@@H]2CC[C@@]2(C)[C@H]1CC[C@@]2(C)O. The first-order valence-corrected chi connectivity index (χ1v) is 9.22. The van der Waals surface area contributed by atoms with E-state index in [1.165, 1.54) is 25.7 Å². The minimum absolute atomic E-state index is 0.103. The monoisotopic (exact) mass is 302 g/mol. The van der Waals surface area contributed by atoms with E-state index in [0.717, 1.165) is 25.2 Å². The Balaban J connectivity index is 1.69. The van der Waals surface area contributed by atoms with Crippen molar-refractivity contribution in [1.82, 2.24) is 0 Å². The molecule has 1 N–H and O–H groups in total. The van der Waals surface area contributed by atoms with Crippen LogP contribution in [0.3, 0.4) is 0 Å². The molecule has 4 aliphatic rings. The maximum atomic E-state index is 11.8. The average molecular weight is 302 g/mol. The van der Waals surface area contributed by atoms with Crippen molar-refractivity contribution < 1.29 is 9.90 Å². The van der Waals surface area contributed by atoms with Crippen molar-refractivity contribution in [2.75, 3.05) is 0 Å². The summed E-state index contributed by atoms with van der Waals surface area (Å²) in [7, 11) is 0. The van der Waals surface area contributed by atoms with Crippen LogP contribution in [0, 0.1) is 34.5 Å². The van der Waals surface area contributed by atoms with Crippen LogP contribution in [0.25, 0.3) is 0 Å². The zero-order chi connectivity index (χ0) is 15.8. The van der Waals surface area contributed by atoms with Gasteiger partial charge in [0.25, 0.3) is 0 Å². The molecule has 3 fully saturated rings. The summed E-state index contributed by atoms with van der Waals surface area (Å²) in [6.07, 6.45) is 11.9. The average Bonchev–Trinajstić information content (AvgIpc) is 2.70. The lowest BCUT2D eigenvalue weighted by Crippen LogP contribution is -2.55. The summed E-state index contributed by atoms with van der Waals surface area (Å²) in [5.74, 6) is 3.00. The summed E-state index contributed by atoms with van der Waals surface area (Å²) in [6.45, 7) is 6.82. The molecule has 2 nitrogen and oxygen atoms in total. The Morgan fingerprint density at radius 3 is 2.55 bits per heavy atom. The molecule has 0 aromatic rings. The van der Waals surface area contributed by atoms with Crippen LogP contribution in [0.2, 0.25) is 0 Å². The number of aliphatic hydroxyl groups is 1. The smallest absolute Gasteiger partial charge is 0.155 e. The molecule has 7 atom stereocenters. The number of carbonyl (C=O) groups excluding carboxylic acids is 1. The summed E-state index contributed by atoms with van der Waals surface area (Å²) >= 11 is 0. The van der Waals surface area contributed by atoms with Crippen molar-refractivity contribution in [2.45, 2.75) is 71.3 Å². The topological polar surface area (TPSA) is 37.3 Å². The Kier molecular flexibility index (Phi) is 3.03. The molecule has 0 spiro atoms. The van der Waals surface area contributed by atoms with Crippen molar-refractivity contribution in [3.63, 3.8) is 0 Å². The van der Waals surface area contributed by atoms with Gasteiger partial charge in [-0.2, -0.15) is 0 Å². The largest absolute Gasteiger partial charge is 0.390 e. The van der Waals surface area contributed by atoms with Gasteiger partial charge in [0, 0.05) is 6.42 Å². The minimum atomic E-state index is -0.487. The second kappa shape index (κ2) is 4.47. The van der Waals surface area contributed by atoms with E-state index in [9.17, 15) is 9.90 Å². The highest BCUT2D eigenvalue weighted by Crippen LogP contribution is 2.67. The van der Waals surface area contributed by atoms with Crippen LogP contribution in [0.15, 0.2) is 12.2 Å². The summed E-state index contributed by atoms with van der Waals surface area (Å²) in [6, 6.07) is 0. The Bertz CT molecular complexity index is 534. The van der Waals surface area contributed by atoms with Crippen LogP contribution in [-0.4, -0.2) is 16.5 Å². The van der Waals surface area contributed by atoms with E-state index in [1.807, 2.05) is 6.08 Å². The van der Waals surface area contributed by atoms with Gasteiger partial charge in [-0.15, -0.1) is 0 Å². The molecule has 0 aromatic carbocycles. The second-order valence-corrected chi connectivity index (χ2v) is 9.29. The molecule has 4 rings (SSSR count). The van der Waals surface area contributed by atoms with Gasteiger partial charge < -0.3 is 5.11 Å². The van der Waals surface area contributed by atoms with Crippen molar-refractivity contribution >= 4 is 5.78 Å². The molecule has 2 heteroatoms. The molecule has 3 saturated carbocycles. The van der Waals surface area contributed by atoms with Gasteiger partial charge in [-0.3, -0.25) is 4.79 Å². The number of rotatable bonds is 0. The van der Waals surface area contributed by atoms with E-state index in [-0.39, 0.29) is 10.8 Å². The minimum Gasteiger partial charge on any atom is -0.390 e. The number of carbonyl (C=O) groups is 1. The normalized spacial score (nSPS) is 57.2. The molecule has 0 amide bonds. The highest BCUT2D eigenvalue weighted by Gasteiger charge is 2.62. The zero-order valence-corrected chi connectivity index (χ0v) is 14.3. The molecule has 0 bridgehead atoms. The summed E-state index contributed by atoms with van der Waals surface area (Å²) in [5, 5.41) is 10.9. The molecule has 0 saturated heterocycles. The van der Waals surface area contributed by atoms with Gasteiger partial charge in [0.1, 0.15) is 0 Å². The fourth-order valence-corrected chi connectivity index (χ4v) is 6.88. The molecule has 0 radical (unpaired) electrons. The second-order valence-electron chi connectivity index (χ2n) is 9.29. The lowest BCUT2D eigenvalue weighted by molar-refractivity contribution is -0.135. The number of fused-ring (bicyclic) bond motifs is 5. The first-order valence-electron chi connectivity index (χ1n) is 9.22. The predicted octanol–water partition coefficient (Wildman–Crippen LogP) is 4.13. The van der Waals surface area contributed by atoms with Crippen LogP contribution in [0.1, 0.15) is 65.7 Å². The third-order valence-electron chi connectivity index (χ3n) is 8.60. The number of hydrogen-bond donors (Lipinski definition) is 1. The fourth-order valence-electron chi connectivity index (χ4n) is 6.88. The Labute approximate surface area is 134 Å². The van der Waals surface area contributed by atoms with E-state index >= 15 is 0 Å². The third kappa shape index (κ3) is 1.74. The predicted molar refractivity (Wildman–Crippen MR) is 87.3 cm³/mol. The van der Waals surface area contributed by atoms with Gasteiger partial charge in [0.2, 0.25) is 0 Å². The van der Waals surface area contributed by atoms with Crippen LogP contribution in [0.4, 0.5) is 0 Å². The first-order chi connectivity index (χ1) is 10.3. The van der Waals surface area contributed by atoms with E-state index in [2.05, 4.69) is 26.8 Å². The Morgan fingerprint density at radius 2 is 1.77 bits per heavy atom. The van der Waals surface area contributed by atoms with Crippen LogP contribution < -0.4 is 0 Å². The van der Waals surface area contributed by atoms with Gasteiger partial charge in [-0.05, 0) is 86.0 Å². The van der Waals surface area contributed by atoms with E-state index in [1.54, 1.807) is 0 Å². The molecule has 1 unspecified atom stereocenters. The van der Waals surface area contributed by atoms with Crippen LogP contribution in [-0.2, 0) is 4.79 Å². The quantitative estimate of drug-likeness (QED) is 0.730. The van der Waals surface area contributed by atoms with Crippen molar-refractivity contribution in [3.05, 3.63) is 12.2 Å². The van der Waals surface area contributed by atoms with Crippen molar-refractivity contribution in [3.8, 4) is 0 Å². The zero-order valence-electron chi connectivity index (χ0n) is 14.3. The molecule has 4 aliphatic carbocycles. The highest BCUT2D eigenvalue weighted by atomic mass is 16.3. The molecule has 0 aliphatic heterocycles. The summed E-state index contributed by atoms with van der Waals surface area (Å²) in [4.78, 5) is 11.8. The van der Waals surface area contributed by atoms with Crippen LogP contribution in [0.5, 0.6) is 0 Å². The van der Waals surface area contributed by atoms with Gasteiger partial charge in [0.05, 0.1) is 5.60 Å². The highest BCUT2D eigenvalue weighted by molar-refractivity contribution is 5.91. The van der Waals surface area contributed by atoms with Gasteiger partial charge in [-0.25, -0.2) is 0 Å². The molecule has 0 heterocycles. The lowest BCUT2D eigenvalue weighted by atomic mass is 9.45. The van der Waals surface area contributed by atoms with E-state index in [4.69, 9.17) is 0 Å². The molecular formula is C20H30O2. The molecule has 122 valence electrons. The molecular weight excluding hydrogens is 272 g/mol. The van der Waals surface area contributed by atoms with Crippen LogP contribution >= 0.6 is 0 Å². The lowest BCUT2D eigenvalue weighted by Gasteiger charge is -2.59. The number of allylic oxidation sites excluding steroid dienone is 2. The summed E-state index contributed by atoms with van der Waals surface area (Å²) in [5.41, 5.74) is -0.170. The maximum absolute atomic E-state index is 11.8. The fraction of sp³-hybridized carbons (Fsp3) is 0.850. The number of hydrogen-bond acceptors (Lipinski definition) is 2. The Hall–Kier alpha value is -0.630. The van der Waals surface area contributed by atoms with E-state index < -0.39 is 5.60 Å². The first kappa shape index (κ1) is 14.9. The van der Waals surface area contributed by atoms with Crippen molar-refractivity contribution in [1.29, 1.82) is 0 Å². The third-order valence-corrected chi connectivity index (χ3v) is 8.60. The van der Waals surface area contributed by atoms with E-state index in [0.29, 0.717) is 23.5 Å².